The van der Waals surface area contributed by atoms with Crippen LogP contribution in [0.5, 0.6) is 0 Å². The van der Waals surface area contributed by atoms with E-state index in [0.29, 0.717) is 17.7 Å². The molecule has 24 heavy (non-hydrogen) atoms. The molecule has 2 aromatic rings. The highest BCUT2D eigenvalue weighted by atomic mass is 16.4. The zero-order chi connectivity index (χ0) is 16.7. The minimum Gasteiger partial charge on any atom is -0.432 e. The summed E-state index contributed by atoms with van der Waals surface area (Å²) >= 11 is 0. The molecule has 3 aliphatic rings. The largest absolute Gasteiger partial charge is 0.432 e. The second kappa shape index (κ2) is 6.06. The zero-order valence-corrected chi connectivity index (χ0v) is 14.2. The van der Waals surface area contributed by atoms with Gasteiger partial charge in [0.1, 0.15) is 0 Å². The predicted molar refractivity (Wildman–Crippen MR) is 91.7 cm³/mol. The molecule has 5 heteroatoms. The molecule has 1 amide bonds. The number of carbonyl (C=O) groups is 1. The average Bonchev–Trinajstić information content (AvgIpc) is 3.06. The summed E-state index contributed by atoms with van der Waals surface area (Å²) < 4.78 is 5.72. The van der Waals surface area contributed by atoms with Crippen molar-refractivity contribution in [3.8, 4) is 11.3 Å². The van der Waals surface area contributed by atoms with Crippen LogP contribution in [-0.2, 0) is 0 Å². The number of hydrogen-bond donors (Lipinski definition) is 1. The van der Waals surface area contributed by atoms with Crippen molar-refractivity contribution in [1.29, 1.82) is 0 Å². The van der Waals surface area contributed by atoms with Crippen molar-refractivity contribution in [3.05, 3.63) is 41.9 Å². The van der Waals surface area contributed by atoms with Gasteiger partial charge in [-0.1, -0.05) is 24.3 Å². The zero-order valence-electron chi connectivity index (χ0n) is 14.2. The summed E-state index contributed by atoms with van der Waals surface area (Å²) in [6.07, 6.45) is 3.95. The first-order valence-corrected chi connectivity index (χ1v) is 8.68. The Kier molecular flexibility index (Phi) is 3.88. The van der Waals surface area contributed by atoms with E-state index in [1.165, 1.54) is 0 Å². The Morgan fingerprint density at radius 2 is 2.21 bits per heavy atom. The van der Waals surface area contributed by atoms with Crippen LogP contribution in [0, 0.1) is 12.8 Å². The topological polar surface area (TPSA) is 58.4 Å². The second-order valence-electron chi connectivity index (χ2n) is 7.05. The van der Waals surface area contributed by atoms with Crippen LogP contribution in [-0.4, -0.2) is 41.0 Å². The highest BCUT2D eigenvalue weighted by molar-refractivity contribution is 5.90. The van der Waals surface area contributed by atoms with Gasteiger partial charge in [0.25, 0.3) is 5.89 Å². The first-order valence-electron chi connectivity index (χ1n) is 8.68. The number of hydrogen-bond acceptors (Lipinski definition) is 4. The van der Waals surface area contributed by atoms with Crippen LogP contribution < -0.4 is 5.32 Å². The van der Waals surface area contributed by atoms with E-state index in [1.54, 1.807) is 6.20 Å². The second-order valence-corrected chi connectivity index (χ2v) is 7.05. The van der Waals surface area contributed by atoms with Crippen LogP contribution >= 0.6 is 0 Å². The number of amides is 1. The molecule has 3 unspecified atom stereocenters. The summed E-state index contributed by atoms with van der Waals surface area (Å²) in [5, 5.41) is 3.13. The third-order valence-corrected chi connectivity index (χ3v) is 5.48. The number of aryl methyl sites for hydroxylation is 1. The Balaban J connectivity index is 1.47. The van der Waals surface area contributed by atoms with E-state index >= 15 is 0 Å². The smallest absolute Gasteiger partial charge is 0.307 e. The summed E-state index contributed by atoms with van der Waals surface area (Å²) in [6, 6.07) is 8.77. The average molecular weight is 325 g/mol. The summed E-state index contributed by atoms with van der Waals surface area (Å²) in [6.45, 7) is 6.37. The van der Waals surface area contributed by atoms with Gasteiger partial charge in [-0.15, -0.1) is 0 Å². The van der Waals surface area contributed by atoms with E-state index in [1.807, 2.05) is 31.2 Å². The Bertz CT molecular complexity index is 755. The molecule has 4 heterocycles. The fraction of sp³-hybridized carbons (Fsp3) is 0.474. The van der Waals surface area contributed by atoms with E-state index in [2.05, 4.69) is 22.1 Å². The molecule has 1 N–H and O–H groups in total. The van der Waals surface area contributed by atoms with E-state index in [9.17, 15) is 4.79 Å². The Labute approximate surface area is 142 Å². The number of fused-ring (bicyclic) bond motifs is 3. The van der Waals surface area contributed by atoms with Crippen LogP contribution in [0.4, 0.5) is 0 Å². The van der Waals surface area contributed by atoms with Crippen molar-refractivity contribution >= 4 is 5.91 Å². The quantitative estimate of drug-likeness (QED) is 0.943. The molecule has 3 aliphatic heterocycles. The lowest BCUT2D eigenvalue weighted by Gasteiger charge is -2.48. The van der Waals surface area contributed by atoms with Crippen molar-refractivity contribution < 1.29 is 9.21 Å². The molecule has 3 saturated heterocycles. The van der Waals surface area contributed by atoms with Gasteiger partial charge in [0.2, 0.25) is 0 Å². The Morgan fingerprint density at radius 3 is 2.92 bits per heavy atom. The lowest BCUT2D eigenvalue weighted by molar-refractivity contribution is 0.0267. The van der Waals surface area contributed by atoms with Crippen LogP contribution in [0.25, 0.3) is 11.3 Å². The van der Waals surface area contributed by atoms with Crippen molar-refractivity contribution in [3.63, 3.8) is 0 Å². The summed E-state index contributed by atoms with van der Waals surface area (Å²) in [5.74, 6) is 1.15. The normalized spacial score (nSPS) is 28.8. The van der Waals surface area contributed by atoms with Gasteiger partial charge < -0.3 is 9.73 Å². The minimum absolute atomic E-state index is 0.151. The third kappa shape index (κ3) is 2.73. The number of oxazole rings is 1. The number of benzene rings is 1. The molecular formula is C19H23N3O2. The molecule has 5 rings (SSSR count). The van der Waals surface area contributed by atoms with Gasteiger partial charge >= 0.3 is 5.91 Å². The maximum absolute atomic E-state index is 12.5. The van der Waals surface area contributed by atoms with E-state index in [4.69, 9.17) is 4.42 Å². The lowest BCUT2D eigenvalue weighted by atomic mass is 9.80. The number of piperidine rings is 3. The fourth-order valence-electron chi connectivity index (χ4n) is 4.04. The van der Waals surface area contributed by atoms with Crippen molar-refractivity contribution in [2.45, 2.75) is 38.8 Å². The predicted octanol–water partition coefficient (Wildman–Crippen LogP) is 2.86. The van der Waals surface area contributed by atoms with Crippen LogP contribution in [0.15, 0.2) is 34.9 Å². The highest BCUT2D eigenvalue weighted by Crippen LogP contribution is 2.32. The van der Waals surface area contributed by atoms with Gasteiger partial charge in [0.05, 0.1) is 6.20 Å². The number of aromatic nitrogens is 1. The molecule has 1 aromatic heterocycles. The van der Waals surface area contributed by atoms with Crippen molar-refractivity contribution in [2.75, 3.05) is 13.1 Å². The summed E-state index contributed by atoms with van der Waals surface area (Å²) in [5.41, 5.74) is 2.08. The molecule has 3 fully saturated rings. The molecule has 4 atom stereocenters. The van der Waals surface area contributed by atoms with Crippen LogP contribution in [0.1, 0.15) is 36.0 Å². The van der Waals surface area contributed by atoms with Crippen LogP contribution in [0.3, 0.4) is 0 Å². The minimum atomic E-state index is -0.207. The molecule has 5 nitrogen and oxygen atoms in total. The van der Waals surface area contributed by atoms with Crippen molar-refractivity contribution in [2.24, 2.45) is 5.92 Å². The maximum Gasteiger partial charge on any atom is 0.307 e. The van der Waals surface area contributed by atoms with E-state index in [-0.39, 0.29) is 17.8 Å². The molecule has 2 bridgehead atoms. The van der Waals surface area contributed by atoms with Gasteiger partial charge in [-0.25, -0.2) is 4.98 Å². The Hall–Kier alpha value is -2.14. The SMILES string of the molecule is Cc1ccccc1-c1cnc(C(=O)N[C@H]2CN3CCC2CC3C)o1. The third-order valence-electron chi connectivity index (χ3n) is 5.48. The van der Waals surface area contributed by atoms with Gasteiger partial charge in [-0.3, -0.25) is 9.69 Å². The van der Waals surface area contributed by atoms with Gasteiger partial charge in [-0.05, 0) is 44.7 Å². The number of carbonyl (C=O) groups excluding carboxylic acids is 1. The molecule has 0 spiro atoms. The molecule has 0 radical (unpaired) electrons. The molecule has 0 aliphatic carbocycles. The van der Waals surface area contributed by atoms with Gasteiger partial charge in [-0.2, -0.15) is 0 Å². The first-order chi connectivity index (χ1) is 11.6. The fourth-order valence-corrected chi connectivity index (χ4v) is 4.04. The number of nitrogens with one attached hydrogen (secondary N) is 1. The summed E-state index contributed by atoms with van der Waals surface area (Å²) in [4.78, 5) is 19.2. The highest BCUT2D eigenvalue weighted by Gasteiger charge is 2.39. The Morgan fingerprint density at radius 1 is 1.38 bits per heavy atom. The first kappa shape index (κ1) is 15.4. The number of nitrogens with zero attached hydrogens (tertiary/aromatic N) is 2. The molecule has 1 aromatic carbocycles. The molecule has 126 valence electrons. The standard InChI is InChI=1S/C19H23N3O2/c1-12-5-3-4-6-15(12)17-10-20-19(24-17)18(23)21-16-11-22-8-7-14(16)9-13(22)2/h3-6,10,13-14,16H,7-9,11H2,1-2H3,(H,21,23)/t13?,14?,16-/m0/s1. The van der Waals surface area contributed by atoms with E-state index in [0.717, 1.165) is 37.1 Å². The van der Waals surface area contributed by atoms with E-state index < -0.39 is 0 Å². The maximum atomic E-state index is 12.5. The summed E-state index contributed by atoms with van der Waals surface area (Å²) in [7, 11) is 0. The monoisotopic (exact) mass is 325 g/mol. The molecule has 0 saturated carbocycles. The number of rotatable bonds is 3. The van der Waals surface area contributed by atoms with Crippen LogP contribution in [0.2, 0.25) is 0 Å². The lowest BCUT2D eigenvalue weighted by Crippen LogP contribution is -2.60. The van der Waals surface area contributed by atoms with Crippen molar-refractivity contribution in [1.82, 2.24) is 15.2 Å². The van der Waals surface area contributed by atoms with Gasteiger partial charge in [0, 0.05) is 24.2 Å². The molecular weight excluding hydrogens is 302 g/mol. The van der Waals surface area contributed by atoms with Gasteiger partial charge in [0.15, 0.2) is 5.76 Å².